The zero-order valence-electron chi connectivity index (χ0n) is 15.1. The van der Waals surface area contributed by atoms with E-state index >= 15 is 0 Å². The van der Waals surface area contributed by atoms with Crippen LogP contribution in [0.1, 0.15) is 61.1 Å². The highest BCUT2D eigenvalue weighted by Crippen LogP contribution is 2.45. The third-order valence-electron chi connectivity index (χ3n) is 6.09. The third-order valence-corrected chi connectivity index (χ3v) is 6.40. The van der Waals surface area contributed by atoms with Crippen LogP contribution in [-0.2, 0) is 0 Å². The Balaban J connectivity index is 1.54. The van der Waals surface area contributed by atoms with Crippen molar-refractivity contribution in [2.75, 3.05) is 37.6 Å². The van der Waals surface area contributed by atoms with E-state index < -0.39 is 0 Å². The van der Waals surface area contributed by atoms with Crippen molar-refractivity contribution < 1.29 is 0 Å². The lowest BCUT2D eigenvalue weighted by Crippen LogP contribution is -2.39. The fraction of sp³-hybridized carbons (Fsp3) is 0.650. The lowest BCUT2D eigenvalue weighted by Gasteiger charge is -2.35. The summed E-state index contributed by atoms with van der Waals surface area (Å²) in [4.78, 5) is 8.09. The Morgan fingerprint density at radius 1 is 0.962 bits per heavy atom. The number of H-pyrrole nitrogens is 1. The van der Waals surface area contributed by atoms with E-state index in [9.17, 15) is 10.5 Å². The molecule has 2 aliphatic heterocycles. The summed E-state index contributed by atoms with van der Waals surface area (Å²) in [7, 11) is 0. The standard InChI is InChI=1S/C20H25N5S/c21-11-16-18(15-3-4-15)17(12-22)20(26)23-19(16)25-9-5-14(6-10-25)13-24-7-1-2-8-24/h14-15H,1-10,13H2,(H,23,26). The number of aromatic amines is 1. The summed E-state index contributed by atoms with van der Waals surface area (Å²) >= 11 is 5.45. The molecule has 1 aliphatic carbocycles. The fourth-order valence-electron chi connectivity index (χ4n) is 4.52. The number of nitrogens with zero attached hydrogens (tertiary/aromatic N) is 4. The maximum Gasteiger partial charge on any atom is 0.125 e. The molecule has 4 rings (SSSR count). The molecule has 1 aromatic rings. The molecule has 0 spiro atoms. The van der Waals surface area contributed by atoms with E-state index in [0.717, 1.165) is 56.1 Å². The number of anilines is 1. The maximum absolute atomic E-state index is 9.81. The van der Waals surface area contributed by atoms with Crippen LogP contribution < -0.4 is 4.90 Å². The summed E-state index contributed by atoms with van der Waals surface area (Å²) in [5, 5.41) is 19.3. The SMILES string of the molecule is N#Cc1c(N2CCC(CN3CCCC3)CC2)[nH]c(=S)c(C#N)c1C1CC1. The molecule has 1 N–H and O–H groups in total. The van der Waals surface area contributed by atoms with Gasteiger partial charge in [-0.1, -0.05) is 12.2 Å². The molecule has 0 unspecified atom stereocenters. The first-order chi connectivity index (χ1) is 12.7. The van der Waals surface area contributed by atoms with Gasteiger partial charge in [0.05, 0.1) is 11.1 Å². The summed E-state index contributed by atoms with van der Waals surface area (Å²) in [5.41, 5.74) is 2.05. The second-order valence-corrected chi connectivity index (χ2v) is 8.31. The molecule has 0 bridgehead atoms. The Hall–Kier alpha value is -1.89. The lowest BCUT2D eigenvalue weighted by molar-refractivity contribution is 0.249. The van der Waals surface area contributed by atoms with Gasteiger partial charge in [-0.05, 0) is 69.0 Å². The van der Waals surface area contributed by atoms with Gasteiger partial charge in [-0.3, -0.25) is 0 Å². The number of likely N-dealkylation sites (tertiary alicyclic amines) is 1. The minimum Gasteiger partial charge on any atom is -0.357 e. The molecule has 1 aromatic heterocycles. The van der Waals surface area contributed by atoms with Gasteiger partial charge in [-0.25, -0.2) is 0 Å². The summed E-state index contributed by atoms with van der Waals surface area (Å²) < 4.78 is 0.489. The molecule has 1 saturated carbocycles. The highest BCUT2D eigenvalue weighted by Gasteiger charge is 2.33. The summed E-state index contributed by atoms with van der Waals surface area (Å²) in [5.74, 6) is 1.93. The highest BCUT2D eigenvalue weighted by atomic mass is 32.1. The van der Waals surface area contributed by atoms with Crippen LogP contribution in [0.5, 0.6) is 0 Å². The molecule has 0 amide bonds. The van der Waals surface area contributed by atoms with Crippen LogP contribution in [0.15, 0.2) is 0 Å². The third kappa shape index (κ3) is 3.37. The monoisotopic (exact) mass is 367 g/mol. The van der Waals surface area contributed by atoms with Crippen LogP contribution in [0.25, 0.3) is 0 Å². The van der Waals surface area contributed by atoms with Gasteiger partial charge < -0.3 is 14.8 Å². The van der Waals surface area contributed by atoms with E-state index in [4.69, 9.17) is 12.2 Å². The van der Waals surface area contributed by atoms with Gasteiger partial charge in [-0.2, -0.15) is 10.5 Å². The van der Waals surface area contributed by atoms with Crippen molar-refractivity contribution in [2.45, 2.75) is 44.4 Å². The first kappa shape index (κ1) is 17.5. The molecule has 6 heteroatoms. The van der Waals surface area contributed by atoms with Crippen molar-refractivity contribution in [3.05, 3.63) is 21.3 Å². The van der Waals surface area contributed by atoms with E-state index in [1.54, 1.807) is 0 Å². The average molecular weight is 368 g/mol. The Morgan fingerprint density at radius 3 is 2.19 bits per heavy atom. The van der Waals surface area contributed by atoms with Gasteiger partial charge in [0.15, 0.2) is 0 Å². The topological polar surface area (TPSA) is 69.8 Å². The van der Waals surface area contributed by atoms with E-state index in [-0.39, 0.29) is 0 Å². The Kier molecular flexibility index (Phi) is 4.98. The predicted molar refractivity (Wildman–Crippen MR) is 104 cm³/mol. The van der Waals surface area contributed by atoms with Crippen LogP contribution in [0.3, 0.4) is 0 Å². The molecule has 2 saturated heterocycles. The van der Waals surface area contributed by atoms with Crippen LogP contribution in [0.4, 0.5) is 5.82 Å². The summed E-state index contributed by atoms with van der Waals surface area (Å²) in [6, 6.07) is 4.60. The van der Waals surface area contributed by atoms with Crippen LogP contribution in [0.2, 0.25) is 0 Å². The predicted octanol–water partition coefficient (Wildman–Crippen LogP) is 3.68. The van der Waals surface area contributed by atoms with Crippen molar-refractivity contribution >= 4 is 18.0 Å². The van der Waals surface area contributed by atoms with Gasteiger partial charge >= 0.3 is 0 Å². The van der Waals surface area contributed by atoms with Gasteiger partial charge in [0.2, 0.25) is 0 Å². The second kappa shape index (κ2) is 7.39. The fourth-order valence-corrected chi connectivity index (χ4v) is 4.77. The molecule has 3 fully saturated rings. The average Bonchev–Trinajstić information content (AvgIpc) is 3.38. The van der Waals surface area contributed by atoms with Crippen LogP contribution in [0, 0.1) is 33.2 Å². The first-order valence-electron chi connectivity index (χ1n) is 9.79. The molecule has 5 nitrogen and oxygen atoms in total. The number of hydrogen-bond donors (Lipinski definition) is 1. The van der Waals surface area contributed by atoms with E-state index in [1.165, 1.54) is 32.5 Å². The van der Waals surface area contributed by atoms with Crippen molar-refractivity contribution in [3.63, 3.8) is 0 Å². The van der Waals surface area contributed by atoms with E-state index in [1.807, 2.05) is 0 Å². The summed E-state index contributed by atoms with van der Waals surface area (Å²) in [6.07, 6.45) is 7.10. The van der Waals surface area contributed by atoms with Gasteiger partial charge in [0.1, 0.15) is 22.6 Å². The zero-order chi connectivity index (χ0) is 18.1. The van der Waals surface area contributed by atoms with E-state index in [0.29, 0.717) is 21.7 Å². The van der Waals surface area contributed by atoms with Gasteiger partial charge in [0, 0.05) is 19.6 Å². The molecule has 0 radical (unpaired) electrons. The van der Waals surface area contributed by atoms with E-state index in [2.05, 4.69) is 26.9 Å². The number of pyridine rings is 1. The molecular weight excluding hydrogens is 342 g/mol. The molecule has 3 aliphatic rings. The highest BCUT2D eigenvalue weighted by molar-refractivity contribution is 7.71. The Bertz CT molecular complexity index is 812. The Labute approximate surface area is 160 Å². The van der Waals surface area contributed by atoms with Crippen molar-refractivity contribution in [2.24, 2.45) is 5.92 Å². The normalized spacial score (nSPS) is 21.5. The molecule has 3 heterocycles. The van der Waals surface area contributed by atoms with Crippen LogP contribution in [-0.4, -0.2) is 42.6 Å². The summed E-state index contributed by atoms with van der Waals surface area (Å²) in [6.45, 7) is 5.64. The largest absolute Gasteiger partial charge is 0.357 e. The maximum atomic E-state index is 9.81. The number of nitrogens with one attached hydrogen (secondary N) is 1. The van der Waals surface area contributed by atoms with Gasteiger partial charge in [-0.15, -0.1) is 0 Å². The van der Waals surface area contributed by atoms with Crippen molar-refractivity contribution in [1.82, 2.24) is 9.88 Å². The lowest BCUT2D eigenvalue weighted by atomic mass is 9.94. The molecule has 136 valence electrons. The molecule has 0 aromatic carbocycles. The molecule has 26 heavy (non-hydrogen) atoms. The Morgan fingerprint density at radius 2 is 1.62 bits per heavy atom. The van der Waals surface area contributed by atoms with Crippen molar-refractivity contribution in [3.8, 4) is 12.1 Å². The first-order valence-corrected chi connectivity index (χ1v) is 10.2. The number of rotatable bonds is 4. The number of piperidine rings is 1. The van der Waals surface area contributed by atoms with Crippen LogP contribution >= 0.6 is 12.2 Å². The number of aromatic nitrogens is 1. The second-order valence-electron chi connectivity index (χ2n) is 7.90. The minimum atomic E-state index is 0.335. The zero-order valence-corrected chi connectivity index (χ0v) is 15.9. The van der Waals surface area contributed by atoms with Gasteiger partial charge in [0.25, 0.3) is 0 Å². The molecule has 0 atom stereocenters. The number of nitriles is 2. The van der Waals surface area contributed by atoms with Crippen molar-refractivity contribution in [1.29, 1.82) is 10.5 Å². The smallest absolute Gasteiger partial charge is 0.125 e. The number of hydrogen-bond acceptors (Lipinski definition) is 5. The quantitative estimate of drug-likeness (QED) is 0.822. The molecular formula is C20H25N5S. The minimum absolute atomic E-state index is 0.335.